The lowest BCUT2D eigenvalue weighted by Gasteiger charge is -2.28. The average molecular weight is 454 g/mol. The number of carbonyl (C=O) groups is 1. The van der Waals surface area contributed by atoms with E-state index in [1.807, 2.05) is 31.2 Å². The summed E-state index contributed by atoms with van der Waals surface area (Å²) >= 11 is 0. The molecule has 0 bridgehead atoms. The molecular weight excluding hydrogens is 430 g/mol. The van der Waals surface area contributed by atoms with Crippen LogP contribution in [-0.2, 0) is 11.3 Å². The number of ether oxygens (including phenoxy) is 1. The summed E-state index contributed by atoms with van der Waals surface area (Å²) in [7, 11) is 1.34. The van der Waals surface area contributed by atoms with E-state index in [1.54, 1.807) is 47.5 Å². The number of nitrogens with two attached hydrogens (primary N) is 1. The Morgan fingerprint density at radius 1 is 1.21 bits per heavy atom. The highest BCUT2D eigenvalue weighted by Crippen LogP contribution is 2.29. The number of methoxy groups -OCH3 is 1. The second-order valence-electron chi connectivity index (χ2n) is 7.80. The molecule has 1 aliphatic heterocycles. The summed E-state index contributed by atoms with van der Waals surface area (Å²) in [5.41, 5.74) is 11.4. The van der Waals surface area contributed by atoms with Crippen LogP contribution in [0.15, 0.2) is 66.9 Å². The second-order valence-corrected chi connectivity index (χ2v) is 7.80. The van der Waals surface area contributed by atoms with Crippen LogP contribution in [0.2, 0.25) is 0 Å². The predicted molar refractivity (Wildman–Crippen MR) is 128 cm³/mol. The number of anilines is 1. The van der Waals surface area contributed by atoms with Crippen molar-refractivity contribution >= 4 is 17.5 Å². The van der Waals surface area contributed by atoms with Gasteiger partial charge in [0, 0.05) is 23.9 Å². The molecule has 1 aliphatic rings. The highest BCUT2D eigenvalue weighted by atomic mass is 16.5. The Morgan fingerprint density at radius 2 is 1.94 bits per heavy atom. The third-order valence-electron chi connectivity index (χ3n) is 5.62. The van der Waals surface area contributed by atoms with Gasteiger partial charge in [-0.3, -0.25) is 0 Å². The molecule has 34 heavy (non-hydrogen) atoms. The van der Waals surface area contributed by atoms with Gasteiger partial charge in [-0.05, 0) is 54.5 Å². The molecule has 2 heterocycles. The first kappa shape index (κ1) is 22.7. The molecule has 4 rings (SSSR count). The maximum Gasteiger partial charge on any atom is 0.337 e. The quantitative estimate of drug-likeness (QED) is 0.563. The van der Waals surface area contributed by atoms with Crippen molar-refractivity contribution in [3.8, 4) is 17.3 Å². The van der Waals surface area contributed by atoms with Crippen molar-refractivity contribution in [2.45, 2.75) is 19.7 Å². The van der Waals surface area contributed by atoms with Gasteiger partial charge >= 0.3 is 5.97 Å². The molecule has 3 aromatic rings. The van der Waals surface area contributed by atoms with Gasteiger partial charge in [-0.1, -0.05) is 24.3 Å². The van der Waals surface area contributed by atoms with Crippen LogP contribution in [0.3, 0.4) is 0 Å². The predicted octanol–water partition coefficient (Wildman–Crippen LogP) is 3.42. The standard InChI is InChI=1S/C26H23N5O3/c1-16-20(14-27)4-3-5-21(16)23-13-22(29-26(28)30-23)19-10-11-31(24(32)12-19)15-17-6-8-18(9-7-17)25(33)34-2/h3-13,24,32H,15H2,1-2H3,(H2,28,29,30). The van der Waals surface area contributed by atoms with Crippen LogP contribution in [0.5, 0.6) is 0 Å². The number of benzene rings is 2. The molecule has 8 heteroatoms. The van der Waals surface area contributed by atoms with Crippen molar-refractivity contribution in [1.29, 1.82) is 5.26 Å². The number of hydrogen-bond donors (Lipinski definition) is 2. The van der Waals surface area contributed by atoms with E-state index in [-0.39, 0.29) is 5.95 Å². The summed E-state index contributed by atoms with van der Waals surface area (Å²) in [5, 5.41) is 20.1. The van der Waals surface area contributed by atoms with Crippen molar-refractivity contribution in [2.75, 3.05) is 12.8 Å². The zero-order chi connectivity index (χ0) is 24.2. The van der Waals surface area contributed by atoms with Crippen LogP contribution in [0, 0.1) is 18.3 Å². The van der Waals surface area contributed by atoms with Crippen molar-refractivity contribution in [2.24, 2.45) is 0 Å². The van der Waals surface area contributed by atoms with Gasteiger partial charge in [-0.25, -0.2) is 14.8 Å². The number of aliphatic hydroxyl groups excluding tert-OH is 1. The van der Waals surface area contributed by atoms with Gasteiger partial charge in [0.2, 0.25) is 5.95 Å². The summed E-state index contributed by atoms with van der Waals surface area (Å²) in [6.07, 6.45) is 4.43. The molecule has 8 nitrogen and oxygen atoms in total. The largest absolute Gasteiger partial charge is 0.465 e. The van der Waals surface area contributed by atoms with Crippen LogP contribution in [0.1, 0.15) is 32.7 Å². The number of allylic oxidation sites excluding steroid dienone is 2. The van der Waals surface area contributed by atoms with E-state index < -0.39 is 12.2 Å². The zero-order valence-corrected chi connectivity index (χ0v) is 18.8. The fraction of sp³-hybridized carbons (Fsp3) is 0.154. The van der Waals surface area contributed by atoms with E-state index in [1.165, 1.54) is 7.11 Å². The Balaban J connectivity index is 1.56. The van der Waals surface area contributed by atoms with Crippen LogP contribution >= 0.6 is 0 Å². The lowest BCUT2D eigenvalue weighted by molar-refractivity contribution is 0.0600. The Hall–Kier alpha value is -4.48. The first-order valence-corrected chi connectivity index (χ1v) is 10.6. The average Bonchev–Trinajstić information content (AvgIpc) is 2.85. The Morgan fingerprint density at radius 3 is 2.62 bits per heavy atom. The number of nitrogens with zero attached hydrogens (tertiary/aromatic N) is 4. The molecule has 1 aromatic heterocycles. The maximum atomic E-state index is 11.6. The van der Waals surface area contributed by atoms with E-state index >= 15 is 0 Å². The van der Waals surface area contributed by atoms with Gasteiger partial charge in [0.05, 0.1) is 35.7 Å². The molecule has 0 saturated heterocycles. The number of hydrogen-bond acceptors (Lipinski definition) is 8. The molecule has 1 unspecified atom stereocenters. The fourth-order valence-corrected chi connectivity index (χ4v) is 3.75. The van der Waals surface area contributed by atoms with Crippen LogP contribution in [0.4, 0.5) is 5.95 Å². The van der Waals surface area contributed by atoms with Crippen molar-refractivity contribution in [3.05, 3.63) is 94.8 Å². The molecule has 0 spiro atoms. The summed E-state index contributed by atoms with van der Waals surface area (Å²) in [6.45, 7) is 2.31. The normalized spacial score (nSPS) is 14.9. The summed E-state index contributed by atoms with van der Waals surface area (Å²) < 4.78 is 4.72. The zero-order valence-electron chi connectivity index (χ0n) is 18.8. The summed E-state index contributed by atoms with van der Waals surface area (Å²) in [4.78, 5) is 22.0. The number of rotatable bonds is 5. The van der Waals surface area contributed by atoms with Gasteiger partial charge in [0.1, 0.15) is 6.23 Å². The highest BCUT2D eigenvalue weighted by molar-refractivity contribution is 5.89. The third-order valence-corrected chi connectivity index (χ3v) is 5.62. The van der Waals surface area contributed by atoms with Crippen LogP contribution < -0.4 is 5.73 Å². The monoisotopic (exact) mass is 453 g/mol. The fourth-order valence-electron chi connectivity index (χ4n) is 3.75. The molecule has 0 aliphatic carbocycles. The van der Waals surface area contributed by atoms with Crippen LogP contribution in [-0.4, -0.2) is 39.3 Å². The molecule has 0 saturated carbocycles. The first-order valence-electron chi connectivity index (χ1n) is 10.6. The first-order chi connectivity index (χ1) is 16.4. The molecule has 0 radical (unpaired) electrons. The van der Waals surface area contributed by atoms with Crippen molar-refractivity contribution in [3.63, 3.8) is 0 Å². The smallest absolute Gasteiger partial charge is 0.337 e. The minimum Gasteiger partial charge on any atom is -0.465 e. The highest BCUT2D eigenvalue weighted by Gasteiger charge is 2.18. The van der Waals surface area contributed by atoms with E-state index in [9.17, 15) is 15.2 Å². The lowest BCUT2D eigenvalue weighted by atomic mass is 9.99. The minimum absolute atomic E-state index is 0.103. The molecule has 170 valence electrons. The lowest BCUT2D eigenvalue weighted by Crippen LogP contribution is -2.30. The van der Waals surface area contributed by atoms with Gasteiger partial charge < -0.3 is 20.5 Å². The van der Waals surface area contributed by atoms with Gasteiger partial charge in [0.15, 0.2) is 0 Å². The topological polar surface area (TPSA) is 125 Å². The van der Waals surface area contributed by atoms with E-state index in [0.717, 1.165) is 16.7 Å². The Labute approximate surface area is 197 Å². The molecule has 0 fully saturated rings. The number of esters is 1. The number of aromatic nitrogens is 2. The maximum absolute atomic E-state index is 11.6. The SMILES string of the molecule is COC(=O)c1ccc(CN2C=CC(c3cc(-c4cccc(C#N)c4C)nc(N)n3)=CC2O)cc1. The van der Waals surface area contributed by atoms with E-state index in [4.69, 9.17) is 10.5 Å². The van der Waals surface area contributed by atoms with Crippen LogP contribution in [0.25, 0.3) is 16.8 Å². The van der Waals surface area contributed by atoms with Gasteiger partial charge in [-0.15, -0.1) is 0 Å². The Bertz CT molecular complexity index is 1340. The van der Waals surface area contributed by atoms with Crippen molar-refractivity contribution in [1.82, 2.24) is 14.9 Å². The van der Waals surface area contributed by atoms with E-state index in [2.05, 4.69) is 16.0 Å². The molecule has 3 N–H and O–H groups in total. The molecule has 2 aromatic carbocycles. The number of carbonyl (C=O) groups excluding carboxylic acids is 1. The van der Waals surface area contributed by atoms with Gasteiger partial charge in [0.25, 0.3) is 0 Å². The molecule has 1 atom stereocenters. The molecule has 0 amide bonds. The number of nitrogen functional groups attached to an aromatic ring is 1. The third kappa shape index (κ3) is 4.65. The van der Waals surface area contributed by atoms with Gasteiger partial charge in [-0.2, -0.15) is 5.26 Å². The number of nitriles is 1. The van der Waals surface area contributed by atoms with E-state index in [0.29, 0.717) is 34.6 Å². The second kappa shape index (κ2) is 9.57. The Kier molecular flexibility index (Phi) is 6.39. The number of aliphatic hydroxyl groups is 1. The summed E-state index contributed by atoms with van der Waals surface area (Å²) in [5.74, 6) is -0.291. The van der Waals surface area contributed by atoms with Crippen molar-refractivity contribution < 1.29 is 14.6 Å². The summed E-state index contributed by atoms with van der Waals surface area (Å²) in [6, 6.07) is 16.4. The molecular formula is C26H23N5O3. The minimum atomic E-state index is -0.886.